The minimum absolute atomic E-state index is 0.00171. The molecule has 0 saturated carbocycles. The Bertz CT molecular complexity index is 742. The van der Waals surface area contributed by atoms with Crippen molar-refractivity contribution in [1.82, 2.24) is 15.2 Å². The van der Waals surface area contributed by atoms with Crippen molar-refractivity contribution in [2.45, 2.75) is 27.4 Å². The van der Waals surface area contributed by atoms with E-state index in [1.54, 1.807) is 12.1 Å². The van der Waals surface area contributed by atoms with Crippen LogP contribution in [0, 0.1) is 12.3 Å². The monoisotopic (exact) mass is 395 g/mol. The number of carbonyl (C=O) groups is 1. The Hall–Kier alpha value is -1.63. The lowest BCUT2D eigenvalue weighted by molar-refractivity contribution is 0.0932. The van der Waals surface area contributed by atoms with Crippen molar-refractivity contribution < 1.29 is 9.53 Å². The Morgan fingerprint density at radius 1 is 1.31 bits per heavy atom. The summed E-state index contributed by atoms with van der Waals surface area (Å²) in [6.45, 7) is 7.96. The van der Waals surface area contributed by atoms with Gasteiger partial charge in [0.05, 0.1) is 5.69 Å². The third kappa shape index (κ3) is 6.27. The average molecular weight is 396 g/mol. The number of hydrogen-bond donors (Lipinski definition) is 1. The second-order valence-electron chi connectivity index (χ2n) is 7.35. The number of nitrogens with zero attached hydrogens (tertiary/aromatic N) is 2. The van der Waals surface area contributed by atoms with Crippen LogP contribution in [-0.2, 0) is 6.61 Å². The Morgan fingerprint density at radius 3 is 2.58 bits per heavy atom. The fourth-order valence-electron chi connectivity index (χ4n) is 2.71. The Balaban J connectivity index is 1.93. The summed E-state index contributed by atoms with van der Waals surface area (Å²) >= 11 is 7.23. The second-order valence-corrected chi connectivity index (χ2v) is 8.87. The lowest BCUT2D eigenvalue weighted by Crippen LogP contribution is -2.39. The molecule has 2 rings (SSSR count). The predicted molar refractivity (Wildman–Crippen MR) is 107 cm³/mol. The van der Waals surface area contributed by atoms with E-state index in [0.29, 0.717) is 23.1 Å². The summed E-state index contributed by atoms with van der Waals surface area (Å²) in [5.74, 6) is 0.642. The average Bonchev–Trinajstić information content (AvgIpc) is 2.92. The van der Waals surface area contributed by atoms with Gasteiger partial charge in [0, 0.05) is 18.1 Å². The van der Waals surface area contributed by atoms with E-state index in [1.165, 1.54) is 11.3 Å². The number of benzene rings is 1. The smallest absolute Gasteiger partial charge is 0.263 e. The molecular weight excluding hydrogens is 370 g/mol. The molecule has 5 nitrogen and oxygen atoms in total. The van der Waals surface area contributed by atoms with Crippen LogP contribution < -0.4 is 10.1 Å². The number of rotatable bonds is 8. The summed E-state index contributed by atoms with van der Waals surface area (Å²) in [4.78, 5) is 19.7. The molecule has 0 aliphatic carbocycles. The first-order chi connectivity index (χ1) is 12.2. The van der Waals surface area contributed by atoms with Crippen molar-refractivity contribution in [1.29, 1.82) is 0 Å². The van der Waals surface area contributed by atoms with Crippen LogP contribution in [0.15, 0.2) is 24.3 Å². The van der Waals surface area contributed by atoms with Crippen molar-refractivity contribution >= 4 is 28.8 Å². The predicted octanol–water partition coefficient (Wildman–Crippen LogP) is 4.00. The van der Waals surface area contributed by atoms with Gasteiger partial charge in [-0.1, -0.05) is 25.4 Å². The van der Waals surface area contributed by atoms with Crippen molar-refractivity contribution in [2.75, 3.05) is 27.2 Å². The number of aromatic nitrogens is 1. The Morgan fingerprint density at radius 2 is 1.96 bits per heavy atom. The maximum atomic E-state index is 12.5. The van der Waals surface area contributed by atoms with Gasteiger partial charge < -0.3 is 15.0 Å². The van der Waals surface area contributed by atoms with Gasteiger partial charge in [0.15, 0.2) is 0 Å². The van der Waals surface area contributed by atoms with Gasteiger partial charge in [0.1, 0.15) is 22.2 Å². The van der Waals surface area contributed by atoms with Gasteiger partial charge in [-0.3, -0.25) is 4.79 Å². The van der Waals surface area contributed by atoms with E-state index < -0.39 is 0 Å². The zero-order chi connectivity index (χ0) is 19.3. The molecule has 7 heteroatoms. The van der Waals surface area contributed by atoms with Gasteiger partial charge in [0.2, 0.25) is 0 Å². The highest BCUT2D eigenvalue weighted by atomic mass is 35.5. The number of thiazole rings is 1. The Labute approximate surface area is 164 Å². The highest BCUT2D eigenvalue weighted by Crippen LogP contribution is 2.22. The summed E-state index contributed by atoms with van der Waals surface area (Å²) in [5.41, 5.74) is 0.728. The number of nitrogens with one attached hydrogen (secondary N) is 1. The molecule has 1 aromatic carbocycles. The summed E-state index contributed by atoms with van der Waals surface area (Å²) < 4.78 is 5.71. The first-order valence-corrected chi connectivity index (χ1v) is 9.63. The van der Waals surface area contributed by atoms with E-state index in [-0.39, 0.29) is 11.3 Å². The topological polar surface area (TPSA) is 54.5 Å². The van der Waals surface area contributed by atoms with Crippen LogP contribution in [0.3, 0.4) is 0 Å². The van der Waals surface area contributed by atoms with Crippen LogP contribution in [0.5, 0.6) is 5.75 Å². The Kier molecular flexibility index (Phi) is 7.03. The van der Waals surface area contributed by atoms with Crippen LogP contribution in [0.1, 0.15) is 34.2 Å². The molecule has 0 aliphatic rings. The van der Waals surface area contributed by atoms with Gasteiger partial charge in [0.25, 0.3) is 5.91 Å². The number of hydrogen-bond acceptors (Lipinski definition) is 5. The summed E-state index contributed by atoms with van der Waals surface area (Å²) in [6.07, 6.45) is 0. The van der Waals surface area contributed by atoms with Gasteiger partial charge in [-0.2, -0.15) is 0 Å². The lowest BCUT2D eigenvalue weighted by Gasteiger charge is -2.28. The molecule has 0 atom stereocenters. The number of aryl methyl sites for hydroxylation is 1. The molecule has 1 N–H and O–H groups in total. The van der Waals surface area contributed by atoms with Crippen LogP contribution in [0.2, 0.25) is 5.02 Å². The lowest BCUT2D eigenvalue weighted by atomic mass is 9.93. The van der Waals surface area contributed by atoms with Crippen LogP contribution in [0.25, 0.3) is 0 Å². The molecule has 1 amide bonds. The maximum Gasteiger partial charge on any atom is 0.263 e. The van der Waals surface area contributed by atoms with Crippen molar-refractivity contribution in [3.05, 3.63) is 44.9 Å². The van der Waals surface area contributed by atoms with E-state index in [2.05, 4.69) is 29.0 Å². The quantitative estimate of drug-likeness (QED) is 0.733. The van der Waals surface area contributed by atoms with Crippen LogP contribution in [-0.4, -0.2) is 43.0 Å². The standard InChI is InChI=1S/C19H26ClN3O2S/c1-13-17(18(24)21-11-19(2,3)12-23(4)5)26-16(22-13)10-25-15-8-6-14(20)7-9-15/h6-9H,10-12H2,1-5H3,(H,21,24). The maximum absolute atomic E-state index is 12.5. The zero-order valence-electron chi connectivity index (χ0n) is 15.9. The molecule has 142 valence electrons. The molecule has 0 saturated heterocycles. The molecule has 0 bridgehead atoms. The SMILES string of the molecule is Cc1nc(COc2ccc(Cl)cc2)sc1C(=O)NCC(C)(C)CN(C)C. The fourth-order valence-corrected chi connectivity index (χ4v) is 3.73. The molecule has 2 aromatic rings. The third-order valence-corrected chi connectivity index (χ3v) is 5.08. The number of halogens is 1. The van der Waals surface area contributed by atoms with Crippen LogP contribution >= 0.6 is 22.9 Å². The molecule has 1 aromatic heterocycles. The number of ether oxygens (including phenoxy) is 1. The highest BCUT2D eigenvalue weighted by molar-refractivity contribution is 7.13. The molecule has 26 heavy (non-hydrogen) atoms. The normalized spacial score (nSPS) is 11.7. The van der Waals surface area contributed by atoms with Gasteiger partial charge in [-0.15, -0.1) is 11.3 Å². The molecule has 0 radical (unpaired) electrons. The zero-order valence-corrected chi connectivity index (χ0v) is 17.5. The summed E-state index contributed by atoms with van der Waals surface area (Å²) in [6, 6.07) is 7.17. The van der Waals surface area contributed by atoms with Crippen molar-refractivity contribution in [3.63, 3.8) is 0 Å². The van der Waals surface area contributed by atoms with Crippen LogP contribution in [0.4, 0.5) is 0 Å². The van der Waals surface area contributed by atoms with Gasteiger partial charge in [-0.25, -0.2) is 4.98 Å². The fraction of sp³-hybridized carbons (Fsp3) is 0.474. The highest BCUT2D eigenvalue weighted by Gasteiger charge is 2.22. The molecular formula is C19H26ClN3O2S. The van der Waals surface area contributed by atoms with Gasteiger partial charge >= 0.3 is 0 Å². The summed E-state index contributed by atoms with van der Waals surface area (Å²) in [5, 5.41) is 4.47. The van der Waals surface area contributed by atoms with Crippen molar-refractivity contribution in [3.8, 4) is 5.75 Å². The first kappa shape index (κ1) is 20.7. The molecule has 0 spiro atoms. The van der Waals surface area contributed by atoms with Crippen molar-refractivity contribution in [2.24, 2.45) is 5.41 Å². The largest absolute Gasteiger partial charge is 0.486 e. The number of carbonyl (C=O) groups excluding carboxylic acids is 1. The van der Waals surface area contributed by atoms with E-state index in [0.717, 1.165) is 23.0 Å². The minimum Gasteiger partial charge on any atom is -0.486 e. The molecule has 0 aliphatic heterocycles. The third-order valence-electron chi connectivity index (χ3n) is 3.69. The van der Waals surface area contributed by atoms with E-state index in [1.807, 2.05) is 33.2 Å². The van der Waals surface area contributed by atoms with E-state index >= 15 is 0 Å². The number of amides is 1. The molecule has 1 heterocycles. The first-order valence-electron chi connectivity index (χ1n) is 8.44. The van der Waals surface area contributed by atoms with E-state index in [9.17, 15) is 4.79 Å². The minimum atomic E-state index is -0.0791. The molecule has 0 fully saturated rings. The van der Waals surface area contributed by atoms with Gasteiger partial charge in [-0.05, 0) is 50.7 Å². The second kappa shape index (κ2) is 8.84. The molecule has 0 unspecified atom stereocenters. The summed E-state index contributed by atoms with van der Waals surface area (Å²) in [7, 11) is 4.06. The van der Waals surface area contributed by atoms with E-state index in [4.69, 9.17) is 16.3 Å².